The molecule has 0 aliphatic rings. The molecule has 0 fully saturated rings. The van der Waals surface area contributed by atoms with Crippen molar-refractivity contribution in [2.45, 2.75) is 52.7 Å². The fraction of sp³-hybridized carbons (Fsp3) is 0.815. The molecule has 0 unspecified atom stereocenters. The number of esters is 1. The van der Waals surface area contributed by atoms with Gasteiger partial charge in [-0.15, -0.1) is 0 Å². The van der Waals surface area contributed by atoms with E-state index >= 15 is 0 Å². The molecule has 13 heteroatoms. The minimum Gasteiger partial charge on any atom is -0.466 e. The number of nitrogens with zero attached hydrogens (tertiary/aromatic N) is 1. The summed E-state index contributed by atoms with van der Waals surface area (Å²) in [6.45, 7) is 14.7. The second-order valence-electron chi connectivity index (χ2n) is 10.2. The minimum atomic E-state index is -0.789. The van der Waals surface area contributed by atoms with Crippen molar-refractivity contribution in [3.63, 3.8) is 0 Å². The van der Waals surface area contributed by atoms with Gasteiger partial charge in [0.1, 0.15) is 11.2 Å². The van der Waals surface area contributed by atoms with Gasteiger partial charge in [-0.3, -0.25) is 0 Å². The summed E-state index contributed by atoms with van der Waals surface area (Å²) in [5.74, 6) is -0.417. The van der Waals surface area contributed by atoms with E-state index in [2.05, 4.69) is 4.74 Å². The van der Waals surface area contributed by atoms with Gasteiger partial charge < -0.3 is 42.6 Å². The highest BCUT2D eigenvalue weighted by molar-refractivity contribution is 5.88. The van der Waals surface area contributed by atoms with E-state index < -0.39 is 29.4 Å². The predicted molar refractivity (Wildman–Crippen MR) is 145 cm³/mol. The molecule has 13 nitrogen and oxygen atoms in total. The molecule has 0 saturated carbocycles. The van der Waals surface area contributed by atoms with Gasteiger partial charge in [-0.05, 0) is 41.5 Å². The van der Waals surface area contributed by atoms with Crippen molar-refractivity contribution in [2.75, 3.05) is 92.9 Å². The largest absolute Gasteiger partial charge is 0.466 e. The number of hydrogen-bond acceptors (Lipinski definition) is 12. The lowest BCUT2D eigenvalue weighted by Crippen LogP contribution is -2.45. The van der Waals surface area contributed by atoms with Crippen LogP contribution in [0.15, 0.2) is 12.2 Å². The molecule has 0 heterocycles. The number of imide groups is 1. The highest BCUT2D eigenvalue weighted by atomic mass is 16.6. The van der Waals surface area contributed by atoms with Gasteiger partial charge in [0.05, 0.1) is 92.9 Å². The second-order valence-corrected chi connectivity index (χ2v) is 10.2. The van der Waals surface area contributed by atoms with Crippen LogP contribution in [0.3, 0.4) is 0 Å². The van der Waals surface area contributed by atoms with Gasteiger partial charge in [0, 0.05) is 6.08 Å². The SMILES string of the molecule is COC(=O)/C=C/COCCOCCOCCOCCOCCOCCN(C(=O)OC(C)(C)C)C(=O)OC(C)(C)C. The lowest BCUT2D eigenvalue weighted by molar-refractivity contribution is -0.134. The molecule has 0 spiro atoms. The van der Waals surface area contributed by atoms with Crippen molar-refractivity contribution in [3.8, 4) is 0 Å². The molecule has 0 rings (SSSR count). The van der Waals surface area contributed by atoms with E-state index in [0.717, 1.165) is 4.90 Å². The van der Waals surface area contributed by atoms with Crippen molar-refractivity contribution in [3.05, 3.63) is 12.2 Å². The summed E-state index contributed by atoms with van der Waals surface area (Å²) in [5.41, 5.74) is -1.50. The Hall–Kier alpha value is -2.29. The number of hydrogen-bond donors (Lipinski definition) is 0. The molecule has 0 aliphatic heterocycles. The number of carbonyl (C=O) groups is 3. The van der Waals surface area contributed by atoms with Gasteiger partial charge in [0.2, 0.25) is 0 Å². The smallest absolute Gasteiger partial charge is 0.419 e. The molecule has 234 valence electrons. The molecule has 0 atom stereocenters. The molecule has 0 radical (unpaired) electrons. The fourth-order valence-corrected chi connectivity index (χ4v) is 2.51. The highest BCUT2D eigenvalue weighted by Crippen LogP contribution is 2.14. The standard InChI is InChI=1S/C27H49NO12/c1-26(2,3)39-24(30)28(25(31)40-27(4,5)6)10-12-34-14-16-36-18-20-38-22-21-37-19-17-35-15-13-33-11-8-9-23(29)32-7/h8-9H,10-22H2,1-7H3/b9-8+. The van der Waals surface area contributed by atoms with Crippen LogP contribution in [-0.2, 0) is 47.4 Å². The van der Waals surface area contributed by atoms with Crippen LogP contribution in [0.1, 0.15) is 41.5 Å². The number of ether oxygens (including phenoxy) is 9. The van der Waals surface area contributed by atoms with Gasteiger partial charge in [0.15, 0.2) is 0 Å². The van der Waals surface area contributed by atoms with E-state index in [1.165, 1.54) is 13.2 Å². The topological polar surface area (TPSA) is 138 Å². The Morgan fingerprint density at radius 1 is 0.575 bits per heavy atom. The average Bonchev–Trinajstić information content (AvgIpc) is 2.84. The lowest BCUT2D eigenvalue weighted by Gasteiger charge is -2.28. The third kappa shape index (κ3) is 24.7. The Balaban J connectivity index is 3.70. The van der Waals surface area contributed by atoms with Crippen LogP contribution < -0.4 is 0 Å². The summed E-state index contributed by atoms with van der Waals surface area (Å²) in [4.78, 5) is 36.6. The predicted octanol–water partition coefficient (Wildman–Crippen LogP) is 2.99. The van der Waals surface area contributed by atoms with Gasteiger partial charge in [0.25, 0.3) is 0 Å². The molecule has 40 heavy (non-hydrogen) atoms. The van der Waals surface area contributed by atoms with Gasteiger partial charge >= 0.3 is 18.2 Å². The van der Waals surface area contributed by atoms with Crippen molar-refractivity contribution < 1.29 is 57.0 Å². The molecule has 0 bridgehead atoms. The van der Waals surface area contributed by atoms with Gasteiger partial charge in [-0.1, -0.05) is 6.08 Å². The van der Waals surface area contributed by atoms with E-state index in [1.807, 2.05) is 0 Å². The number of carbonyl (C=O) groups excluding carboxylic acids is 3. The third-order valence-electron chi connectivity index (χ3n) is 4.22. The van der Waals surface area contributed by atoms with Crippen LogP contribution in [-0.4, -0.2) is 127 Å². The van der Waals surface area contributed by atoms with Gasteiger partial charge in [-0.2, -0.15) is 0 Å². The maximum absolute atomic E-state index is 12.4. The molecular formula is C27H49NO12. The number of amides is 2. The molecular weight excluding hydrogens is 530 g/mol. The van der Waals surface area contributed by atoms with Crippen molar-refractivity contribution >= 4 is 18.2 Å². The van der Waals surface area contributed by atoms with Crippen LogP contribution in [0, 0.1) is 0 Å². The zero-order valence-electron chi connectivity index (χ0n) is 25.2. The second kappa shape index (κ2) is 22.4. The molecule has 0 aromatic rings. The fourth-order valence-electron chi connectivity index (χ4n) is 2.51. The van der Waals surface area contributed by atoms with E-state index in [0.29, 0.717) is 66.1 Å². The van der Waals surface area contributed by atoms with Crippen LogP contribution in [0.2, 0.25) is 0 Å². The first-order valence-electron chi connectivity index (χ1n) is 13.3. The van der Waals surface area contributed by atoms with Crippen LogP contribution in [0.25, 0.3) is 0 Å². The normalized spacial score (nSPS) is 12.0. The first kappa shape index (κ1) is 37.7. The third-order valence-corrected chi connectivity index (χ3v) is 4.22. The van der Waals surface area contributed by atoms with Gasteiger partial charge in [-0.25, -0.2) is 19.3 Å². The Morgan fingerprint density at radius 3 is 1.27 bits per heavy atom. The van der Waals surface area contributed by atoms with Crippen LogP contribution >= 0.6 is 0 Å². The summed E-state index contributed by atoms with van der Waals surface area (Å²) >= 11 is 0. The minimum absolute atomic E-state index is 0.0121. The first-order valence-corrected chi connectivity index (χ1v) is 13.3. The molecule has 0 N–H and O–H groups in total. The number of methoxy groups -OCH3 is 1. The zero-order chi connectivity index (χ0) is 30.3. The summed E-state index contributed by atoms with van der Waals surface area (Å²) in [5, 5.41) is 0. The zero-order valence-corrected chi connectivity index (χ0v) is 25.2. The Kier molecular flexibility index (Phi) is 21.1. The highest BCUT2D eigenvalue weighted by Gasteiger charge is 2.30. The average molecular weight is 580 g/mol. The molecule has 0 aromatic heterocycles. The molecule has 2 amide bonds. The molecule has 0 aliphatic carbocycles. The van der Waals surface area contributed by atoms with Crippen LogP contribution in [0.5, 0.6) is 0 Å². The summed E-state index contributed by atoms with van der Waals surface area (Å²) in [6, 6.07) is 0. The maximum Gasteiger partial charge on any atom is 0.419 e. The Labute approximate surface area is 238 Å². The first-order chi connectivity index (χ1) is 18.9. The summed E-state index contributed by atoms with van der Waals surface area (Å²) in [7, 11) is 1.31. The van der Waals surface area contributed by atoms with Crippen molar-refractivity contribution in [1.82, 2.24) is 4.90 Å². The lowest BCUT2D eigenvalue weighted by atomic mass is 10.2. The number of rotatable bonds is 21. The van der Waals surface area contributed by atoms with E-state index in [9.17, 15) is 14.4 Å². The van der Waals surface area contributed by atoms with E-state index in [4.69, 9.17) is 37.9 Å². The van der Waals surface area contributed by atoms with Crippen molar-refractivity contribution in [2.24, 2.45) is 0 Å². The van der Waals surface area contributed by atoms with E-state index in [-0.39, 0.29) is 19.8 Å². The Bertz CT molecular complexity index is 687. The van der Waals surface area contributed by atoms with E-state index in [1.54, 1.807) is 47.6 Å². The summed E-state index contributed by atoms with van der Waals surface area (Å²) in [6.07, 6.45) is 1.30. The van der Waals surface area contributed by atoms with Crippen molar-refractivity contribution in [1.29, 1.82) is 0 Å². The van der Waals surface area contributed by atoms with Crippen LogP contribution in [0.4, 0.5) is 9.59 Å². The Morgan fingerprint density at radius 2 is 0.925 bits per heavy atom. The summed E-state index contributed by atoms with van der Waals surface area (Å²) < 4.78 is 47.5. The quantitative estimate of drug-likeness (QED) is 0.0855. The molecule has 0 saturated heterocycles. The monoisotopic (exact) mass is 579 g/mol. The molecule has 0 aromatic carbocycles. The maximum atomic E-state index is 12.4.